The van der Waals surface area contributed by atoms with Crippen LogP contribution < -0.4 is 4.74 Å². The van der Waals surface area contributed by atoms with E-state index >= 15 is 0 Å². The monoisotopic (exact) mass is 284 g/mol. The van der Waals surface area contributed by atoms with Crippen LogP contribution in [0.5, 0.6) is 5.75 Å². The lowest BCUT2D eigenvalue weighted by Gasteiger charge is -2.38. The molecule has 0 radical (unpaired) electrons. The van der Waals surface area contributed by atoms with E-state index in [-0.39, 0.29) is 5.60 Å². The van der Waals surface area contributed by atoms with E-state index in [0.29, 0.717) is 0 Å². The van der Waals surface area contributed by atoms with Crippen LogP contribution in [-0.4, -0.2) is 0 Å². The molecule has 1 spiro atoms. The average molecular weight is 284 g/mol. The van der Waals surface area contributed by atoms with Crippen LogP contribution in [0, 0.1) is 0 Å². The average Bonchev–Trinajstić information content (AvgIpc) is 2.95. The lowest BCUT2D eigenvalue weighted by molar-refractivity contribution is 0.109. The summed E-state index contributed by atoms with van der Waals surface area (Å²) in [4.78, 5) is 0. The van der Waals surface area contributed by atoms with Gasteiger partial charge in [0.25, 0.3) is 0 Å². The van der Waals surface area contributed by atoms with Gasteiger partial charge in [-0.05, 0) is 30.0 Å². The van der Waals surface area contributed by atoms with Crippen molar-refractivity contribution in [3.8, 4) is 16.9 Å². The molecule has 0 saturated carbocycles. The maximum absolute atomic E-state index is 6.63. The highest BCUT2D eigenvalue weighted by atomic mass is 16.5. The molecule has 0 amide bonds. The zero-order valence-corrected chi connectivity index (χ0v) is 12.3. The Balaban J connectivity index is 1.84. The molecule has 106 valence electrons. The fraction of sp³-hybridized carbons (Fsp3) is 0.143. The number of ether oxygens (including phenoxy) is 1. The minimum absolute atomic E-state index is 0.318. The molecule has 1 unspecified atom stereocenters. The Hall–Kier alpha value is -2.54. The first-order valence-electron chi connectivity index (χ1n) is 7.85. The molecule has 3 aromatic carbocycles. The fourth-order valence-electron chi connectivity index (χ4n) is 4.05. The lowest BCUT2D eigenvalue weighted by Crippen LogP contribution is -2.35. The molecule has 0 fully saturated rings. The molecule has 1 heterocycles. The molecule has 0 saturated heterocycles. The molecule has 0 N–H and O–H groups in total. The SMILES string of the molecule is c1ccc2c(c1)CCC21Oc2ccccc2-c2ccccc21. The Kier molecular flexibility index (Phi) is 2.32. The Morgan fingerprint density at radius 3 is 2.27 bits per heavy atom. The summed E-state index contributed by atoms with van der Waals surface area (Å²) in [6.45, 7) is 0. The van der Waals surface area contributed by atoms with Gasteiger partial charge in [0.2, 0.25) is 0 Å². The first kappa shape index (κ1) is 12.0. The van der Waals surface area contributed by atoms with Crippen molar-refractivity contribution in [3.05, 3.63) is 89.5 Å². The van der Waals surface area contributed by atoms with Gasteiger partial charge in [-0.3, -0.25) is 0 Å². The molecule has 1 aliphatic carbocycles. The first-order chi connectivity index (χ1) is 10.9. The second-order valence-electron chi connectivity index (χ2n) is 6.13. The van der Waals surface area contributed by atoms with E-state index in [2.05, 4.69) is 72.8 Å². The predicted octanol–water partition coefficient (Wildman–Crippen LogP) is 4.94. The second kappa shape index (κ2) is 4.23. The molecule has 5 rings (SSSR count). The highest BCUT2D eigenvalue weighted by Crippen LogP contribution is 2.53. The molecule has 1 atom stereocenters. The van der Waals surface area contributed by atoms with Crippen LogP contribution in [0.1, 0.15) is 23.1 Å². The molecule has 0 bridgehead atoms. The molecule has 2 aliphatic rings. The topological polar surface area (TPSA) is 9.23 Å². The molecule has 1 nitrogen and oxygen atoms in total. The van der Waals surface area contributed by atoms with E-state index in [0.717, 1.165) is 18.6 Å². The predicted molar refractivity (Wildman–Crippen MR) is 88.0 cm³/mol. The second-order valence-corrected chi connectivity index (χ2v) is 6.13. The van der Waals surface area contributed by atoms with Crippen LogP contribution in [-0.2, 0) is 12.0 Å². The molecular weight excluding hydrogens is 268 g/mol. The number of para-hydroxylation sites is 1. The summed E-state index contributed by atoms with van der Waals surface area (Å²) in [6, 6.07) is 25.8. The van der Waals surface area contributed by atoms with Crippen molar-refractivity contribution < 1.29 is 4.74 Å². The minimum Gasteiger partial charge on any atom is -0.477 e. The van der Waals surface area contributed by atoms with Gasteiger partial charge in [-0.15, -0.1) is 0 Å². The quantitative estimate of drug-likeness (QED) is 0.568. The number of aryl methyl sites for hydroxylation is 1. The van der Waals surface area contributed by atoms with Crippen molar-refractivity contribution in [2.24, 2.45) is 0 Å². The van der Waals surface area contributed by atoms with Crippen LogP contribution in [0.2, 0.25) is 0 Å². The molecule has 22 heavy (non-hydrogen) atoms. The van der Waals surface area contributed by atoms with Gasteiger partial charge in [0.15, 0.2) is 5.60 Å². The van der Waals surface area contributed by atoms with Gasteiger partial charge in [-0.25, -0.2) is 0 Å². The van der Waals surface area contributed by atoms with E-state index in [9.17, 15) is 0 Å². The highest BCUT2D eigenvalue weighted by molar-refractivity contribution is 5.78. The minimum atomic E-state index is -0.318. The van der Waals surface area contributed by atoms with Crippen LogP contribution in [0.3, 0.4) is 0 Å². The maximum atomic E-state index is 6.63. The van der Waals surface area contributed by atoms with Crippen LogP contribution in [0.4, 0.5) is 0 Å². The Morgan fingerprint density at radius 2 is 1.36 bits per heavy atom. The van der Waals surface area contributed by atoms with Gasteiger partial charge in [-0.2, -0.15) is 0 Å². The summed E-state index contributed by atoms with van der Waals surface area (Å²) in [7, 11) is 0. The van der Waals surface area contributed by atoms with E-state index < -0.39 is 0 Å². The van der Waals surface area contributed by atoms with Crippen LogP contribution in [0.15, 0.2) is 72.8 Å². The number of benzene rings is 3. The first-order valence-corrected chi connectivity index (χ1v) is 7.85. The van der Waals surface area contributed by atoms with Crippen LogP contribution in [0.25, 0.3) is 11.1 Å². The Morgan fingerprint density at radius 1 is 0.682 bits per heavy atom. The summed E-state index contributed by atoms with van der Waals surface area (Å²) in [5, 5.41) is 0. The third-order valence-corrected chi connectivity index (χ3v) is 5.02. The number of hydrogen-bond acceptors (Lipinski definition) is 1. The normalized spacial score (nSPS) is 20.9. The summed E-state index contributed by atoms with van der Waals surface area (Å²) < 4.78 is 6.63. The third kappa shape index (κ3) is 1.43. The van der Waals surface area contributed by atoms with E-state index in [1.54, 1.807) is 0 Å². The zero-order chi connectivity index (χ0) is 14.6. The van der Waals surface area contributed by atoms with E-state index in [1.165, 1.54) is 27.8 Å². The van der Waals surface area contributed by atoms with E-state index in [4.69, 9.17) is 4.74 Å². The number of fused-ring (bicyclic) bond motifs is 6. The Labute approximate surface area is 130 Å². The smallest absolute Gasteiger partial charge is 0.160 e. The van der Waals surface area contributed by atoms with Gasteiger partial charge in [0.1, 0.15) is 5.75 Å². The fourth-order valence-corrected chi connectivity index (χ4v) is 4.05. The van der Waals surface area contributed by atoms with Gasteiger partial charge in [0.05, 0.1) is 0 Å². The maximum Gasteiger partial charge on any atom is 0.160 e. The standard InChI is InChI=1S/C21H16O/c1-4-10-18-15(7-1)13-14-21(18)19-11-5-2-8-16(19)17-9-3-6-12-20(17)22-21/h1-12H,13-14H2. The highest BCUT2D eigenvalue weighted by Gasteiger charge is 2.46. The van der Waals surface area contributed by atoms with Crippen molar-refractivity contribution in [1.82, 2.24) is 0 Å². The summed E-state index contributed by atoms with van der Waals surface area (Å²) >= 11 is 0. The molecule has 3 aromatic rings. The van der Waals surface area contributed by atoms with Crippen molar-refractivity contribution >= 4 is 0 Å². The number of hydrogen-bond donors (Lipinski definition) is 0. The zero-order valence-electron chi connectivity index (χ0n) is 12.3. The van der Waals surface area contributed by atoms with Gasteiger partial charge < -0.3 is 4.74 Å². The summed E-state index contributed by atoms with van der Waals surface area (Å²) in [5.74, 6) is 0.998. The summed E-state index contributed by atoms with van der Waals surface area (Å²) in [5.41, 5.74) is 6.24. The lowest BCUT2D eigenvalue weighted by atomic mass is 9.80. The van der Waals surface area contributed by atoms with Crippen LogP contribution >= 0.6 is 0 Å². The largest absolute Gasteiger partial charge is 0.477 e. The summed E-state index contributed by atoms with van der Waals surface area (Å²) in [6.07, 6.45) is 2.09. The Bertz CT molecular complexity index is 880. The van der Waals surface area contributed by atoms with E-state index in [1.807, 2.05) is 0 Å². The molecule has 0 aromatic heterocycles. The third-order valence-electron chi connectivity index (χ3n) is 5.02. The van der Waals surface area contributed by atoms with Gasteiger partial charge in [0, 0.05) is 16.7 Å². The van der Waals surface area contributed by atoms with Crippen molar-refractivity contribution in [2.75, 3.05) is 0 Å². The van der Waals surface area contributed by atoms with Gasteiger partial charge in [-0.1, -0.05) is 66.7 Å². The number of rotatable bonds is 0. The van der Waals surface area contributed by atoms with Gasteiger partial charge >= 0.3 is 0 Å². The van der Waals surface area contributed by atoms with Crippen molar-refractivity contribution in [2.45, 2.75) is 18.4 Å². The van der Waals surface area contributed by atoms with Crippen molar-refractivity contribution in [3.63, 3.8) is 0 Å². The molecular formula is C21H16O. The van der Waals surface area contributed by atoms with Crippen molar-refractivity contribution in [1.29, 1.82) is 0 Å². The molecule has 1 aliphatic heterocycles. The molecule has 1 heteroatoms.